The Morgan fingerprint density at radius 3 is 2.38 bits per heavy atom. The molecule has 1 saturated heterocycles. The van der Waals surface area contributed by atoms with Crippen molar-refractivity contribution in [3.05, 3.63) is 54.1 Å². The van der Waals surface area contributed by atoms with Gasteiger partial charge in [0.25, 0.3) is 0 Å². The van der Waals surface area contributed by atoms with Crippen LogP contribution >= 0.6 is 0 Å². The van der Waals surface area contributed by atoms with Gasteiger partial charge in [-0.05, 0) is 44.0 Å². The summed E-state index contributed by atoms with van der Waals surface area (Å²) in [5, 5.41) is 2.78. The summed E-state index contributed by atoms with van der Waals surface area (Å²) in [6.45, 7) is 2.47. The molecular weight excluding hydrogens is 390 g/mol. The Hall–Kier alpha value is -2.71. The minimum atomic E-state index is -3.57. The fourth-order valence-electron chi connectivity index (χ4n) is 3.85. The standard InChI is InChI=1S/C21H23N3O4S/c1-15-6-8-17(9-7-15)29(27,28)23-12-10-16(11-13-23)21(26)24-14-20(25)22-18-4-2-3-5-19(18)24/h2-9,16H,10-14H2,1H3,(H,22,25). The van der Waals surface area contributed by atoms with Crippen LogP contribution in [0.4, 0.5) is 11.4 Å². The van der Waals surface area contributed by atoms with Crippen molar-refractivity contribution in [1.29, 1.82) is 0 Å². The van der Waals surface area contributed by atoms with E-state index in [4.69, 9.17) is 0 Å². The average Bonchev–Trinajstić information content (AvgIpc) is 2.73. The van der Waals surface area contributed by atoms with Gasteiger partial charge >= 0.3 is 0 Å². The molecule has 0 bridgehead atoms. The van der Waals surface area contributed by atoms with Crippen molar-refractivity contribution in [2.24, 2.45) is 5.92 Å². The predicted molar refractivity (Wildman–Crippen MR) is 110 cm³/mol. The first-order valence-corrected chi connectivity index (χ1v) is 11.1. The van der Waals surface area contributed by atoms with E-state index in [1.165, 1.54) is 9.21 Å². The molecule has 0 spiro atoms. The molecule has 29 heavy (non-hydrogen) atoms. The van der Waals surface area contributed by atoms with Crippen LogP contribution in [0.15, 0.2) is 53.4 Å². The van der Waals surface area contributed by atoms with Gasteiger partial charge in [-0.25, -0.2) is 8.42 Å². The lowest BCUT2D eigenvalue weighted by Gasteiger charge is -2.35. The molecule has 1 N–H and O–H groups in total. The molecule has 2 heterocycles. The van der Waals surface area contributed by atoms with Crippen LogP contribution in [0.1, 0.15) is 18.4 Å². The summed E-state index contributed by atoms with van der Waals surface area (Å²) in [4.78, 5) is 26.9. The van der Waals surface area contributed by atoms with Crippen LogP contribution in [0.5, 0.6) is 0 Å². The van der Waals surface area contributed by atoms with E-state index in [0.717, 1.165) is 5.56 Å². The number of amides is 2. The molecule has 8 heteroatoms. The summed E-state index contributed by atoms with van der Waals surface area (Å²) in [5.41, 5.74) is 2.31. The molecule has 2 aliphatic heterocycles. The van der Waals surface area contributed by atoms with Gasteiger partial charge in [0.05, 0.1) is 16.3 Å². The first-order chi connectivity index (χ1) is 13.9. The highest BCUT2D eigenvalue weighted by Crippen LogP contribution is 2.32. The number of aryl methyl sites for hydroxylation is 1. The summed E-state index contributed by atoms with van der Waals surface area (Å²) in [5.74, 6) is -0.658. The molecule has 2 amide bonds. The number of para-hydroxylation sites is 2. The topological polar surface area (TPSA) is 86.8 Å². The number of fused-ring (bicyclic) bond motifs is 1. The fraction of sp³-hybridized carbons (Fsp3) is 0.333. The van der Waals surface area contributed by atoms with Crippen molar-refractivity contribution in [2.45, 2.75) is 24.7 Å². The number of hydrogen-bond acceptors (Lipinski definition) is 4. The smallest absolute Gasteiger partial charge is 0.244 e. The van der Waals surface area contributed by atoms with E-state index in [2.05, 4.69) is 5.32 Å². The van der Waals surface area contributed by atoms with Gasteiger partial charge in [-0.2, -0.15) is 4.31 Å². The average molecular weight is 413 g/mol. The van der Waals surface area contributed by atoms with Gasteiger partial charge in [-0.3, -0.25) is 9.59 Å². The molecule has 0 aliphatic carbocycles. The van der Waals surface area contributed by atoms with E-state index in [1.807, 2.05) is 25.1 Å². The number of nitrogens with zero attached hydrogens (tertiary/aromatic N) is 2. The highest BCUT2D eigenvalue weighted by Gasteiger charge is 2.36. The first-order valence-electron chi connectivity index (χ1n) is 9.63. The summed E-state index contributed by atoms with van der Waals surface area (Å²) in [7, 11) is -3.57. The maximum absolute atomic E-state index is 13.1. The quantitative estimate of drug-likeness (QED) is 0.837. The Labute approximate surface area is 170 Å². The highest BCUT2D eigenvalue weighted by atomic mass is 32.2. The lowest BCUT2D eigenvalue weighted by atomic mass is 9.95. The Bertz CT molecular complexity index is 1040. The largest absolute Gasteiger partial charge is 0.323 e. The van der Waals surface area contributed by atoms with Crippen LogP contribution in [0.3, 0.4) is 0 Å². The number of sulfonamides is 1. The van der Waals surface area contributed by atoms with Gasteiger partial charge in [-0.15, -0.1) is 0 Å². The number of hydrogen-bond donors (Lipinski definition) is 1. The second-order valence-electron chi connectivity index (χ2n) is 7.48. The minimum absolute atomic E-state index is 0.0161. The molecule has 2 aromatic rings. The maximum Gasteiger partial charge on any atom is 0.244 e. The summed E-state index contributed by atoms with van der Waals surface area (Å²) >= 11 is 0. The molecule has 0 aromatic heterocycles. The van der Waals surface area contributed by atoms with Crippen molar-refractivity contribution < 1.29 is 18.0 Å². The SMILES string of the molecule is Cc1ccc(S(=O)(=O)N2CCC(C(=O)N3CC(=O)Nc4ccccc43)CC2)cc1. The second-order valence-corrected chi connectivity index (χ2v) is 9.42. The number of carbonyl (C=O) groups is 2. The molecule has 0 atom stereocenters. The van der Waals surface area contributed by atoms with Crippen LogP contribution in [-0.4, -0.2) is 44.2 Å². The van der Waals surface area contributed by atoms with Gasteiger partial charge in [0.1, 0.15) is 6.54 Å². The third kappa shape index (κ3) is 3.77. The van der Waals surface area contributed by atoms with E-state index in [-0.39, 0.29) is 42.3 Å². The lowest BCUT2D eigenvalue weighted by Crippen LogP contribution is -2.48. The second kappa shape index (κ2) is 7.61. The number of carbonyl (C=O) groups excluding carboxylic acids is 2. The fourth-order valence-corrected chi connectivity index (χ4v) is 5.32. The van der Waals surface area contributed by atoms with Crippen molar-refractivity contribution in [3.63, 3.8) is 0 Å². The molecule has 152 valence electrons. The predicted octanol–water partition coefficient (Wildman–Crippen LogP) is 2.38. The van der Waals surface area contributed by atoms with Gasteiger partial charge < -0.3 is 10.2 Å². The van der Waals surface area contributed by atoms with E-state index >= 15 is 0 Å². The number of rotatable bonds is 3. The zero-order chi connectivity index (χ0) is 20.6. The van der Waals surface area contributed by atoms with Gasteiger partial charge in [0.2, 0.25) is 21.8 Å². The first kappa shape index (κ1) is 19.6. The van der Waals surface area contributed by atoms with Crippen LogP contribution in [0.25, 0.3) is 0 Å². The zero-order valence-corrected chi connectivity index (χ0v) is 17.0. The molecule has 0 radical (unpaired) electrons. The van der Waals surface area contributed by atoms with E-state index in [0.29, 0.717) is 24.2 Å². The molecule has 2 aromatic carbocycles. The van der Waals surface area contributed by atoms with Crippen LogP contribution in [-0.2, 0) is 19.6 Å². The lowest BCUT2D eigenvalue weighted by molar-refractivity contribution is -0.125. The van der Waals surface area contributed by atoms with Crippen LogP contribution in [0, 0.1) is 12.8 Å². The third-order valence-electron chi connectivity index (χ3n) is 5.50. The van der Waals surface area contributed by atoms with Gasteiger partial charge in [0.15, 0.2) is 0 Å². The van der Waals surface area contributed by atoms with Crippen molar-refractivity contribution in [2.75, 3.05) is 29.9 Å². The van der Waals surface area contributed by atoms with Crippen molar-refractivity contribution in [3.8, 4) is 0 Å². The third-order valence-corrected chi connectivity index (χ3v) is 7.41. The Morgan fingerprint density at radius 1 is 1.03 bits per heavy atom. The monoisotopic (exact) mass is 413 g/mol. The molecule has 0 unspecified atom stereocenters. The van der Waals surface area contributed by atoms with Crippen LogP contribution < -0.4 is 10.2 Å². The molecule has 0 saturated carbocycles. The summed E-state index contributed by atoms with van der Waals surface area (Å²) in [6, 6.07) is 14.0. The Kier molecular flexibility index (Phi) is 5.14. The molecule has 4 rings (SSSR count). The van der Waals surface area contributed by atoms with Gasteiger partial charge in [-0.1, -0.05) is 29.8 Å². The molecule has 1 fully saturated rings. The van der Waals surface area contributed by atoms with Crippen LogP contribution in [0.2, 0.25) is 0 Å². The summed E-state index contributed by atoms with van der Waals surface area (Å²) < 4.78 is 27.2. The van der Waals surface area contributed by atoms with Crippen molar-refractivity contribution in [1.82, 2.24) is 4.31 Å². The molecular formula is C21H23N3O4S. The number of nitrogens with one attached hydrogen (secondary N) is 1. The normalized spacial score (nSPS) is 18.2. The van der Waals surface area contributed by atoms with E-state index in [9.17, 15) is 18.0 Å². The van der Waals surface area contributed by atoms with Crippen molar-refractivity contribution >= 4 is 33.2 Å². The highest BCUT2D eigenvalue weighted by molar-refractivity contribution is 7.89. The molecule has 7 nitrogen and oxygen atoms in total. The van der Waals surface area contributed by atoms with E-state index < -0.39 is 10.0 Å². The van der Waals surface area contributed by atoms with Gasteiger partial charge in [0, 0.05) is 19.0 Å². The number of anilines is 2. The number of piperidine rings is 1. The Balaban J connectivity index is 1.47. The summed E-state index contributed by atoms with van der Waals surface area (Å²) in [6.07, 6.45) is 0.869. The Morgan fingerprint density at radius 2 is 1.69 bits per heavy atom. The number of benzene rings is 2. The molecule has 2 aliphatic rings. The minimum Gasteiger partial charge on any atom is -0.323 e. The maximum atomic E-state index is 13.1. The zero-order valence-electron chi connectivity index (χ0n) is 16.2. The van der Waals surface area contributed by atoms with E-state index in [1.54, 1.807) is 30.3 Å².